The average Bonchev–Trinajstić information content (AvgIpc) is 2.65. The molecule has 1 aromatic heterocycles. The van der Waals surface area contributed by atoms with Crippen LogP contribution in [0.5, 0.6) is 5.88 Å². The summed E-state index contributed by atoms with van der Waals surface area (Å²) in [7, 11) is 0. The SMILES string of the molecule is CC(C)c1cccc(O[C@@H]2CCC[C@H]2O)n1. The molecule has 1 fully saturated rings. The highest BCUT2D eigenvalue weighted by molar-refractivity contribution is 5.18. The van der Waals surface area contributed by atoms with Crippen LogP contribution in [0, 0.1) is 0 Å². The minimum absolute atomic E-state index is 0.0742. The van der Waals surface area contributed by atoms with Crippen LogP contribution in [0.1, 0.15) is 44.7 Å². The second kappa shape index (κ2) is 4.83. The largest absolute Gasteiger partial charge is 0.472 e. The van der Waals surface area contributed by atoms with E-state index in [9.17, 15) is 5.11 Å². The minimum Gasteiger partial charge on any atom is -0.472 e. The van der Waals surface area contributed by atoms with E-state index in [4.69, 9.17) is 4.74 Å². The van der Waals surface area contributed by atoms with Crippen molar-refractivity contribution in [3.8, 4) is 5.88 Å². The Morgan fingerprint density at radius 3 is 2.81 bits per heavy atom. The van der Waals surface area contributed by atoms with Gasteiger partial charge in [-0.25, -0.2) is 4.98 Å². The molecule has 0 saturated heterocycles. The van der Waals surface area contributed by atoms with Gasteiger partial charge in [0.2, 0.25) is 5.88 Å². The summed E-state index contributed by atoms with van der Waals surface area (Å²) in [6.45, 7) is 4.22. The minimum atomic E-state index is -0.329. The van der Waals surface area contributed by atoms with Crippen molar-refractivity contribution in [2.45, 2.75) is 51.2 Å². The van der Waals surface area contributed by atoms with Gasteiger partial charge in [-0.2, -0.15) is 0 Å². The highest BCUT2D eigenvalue weighted by Gasteiger charge is 2.27. The van der Waals surface area contributed by atoms with Crippen molar-refractivity contribution in [3.05, 3.63) is 23.9 Å². The van der Waals surface area contributed by atoms with E-state index in [0.29, 0.717) is 11.8 Å². The van der Waals surface area contributed by atoms with Crippen LogP contribution in [0.15, 0.2) is 18.2 Å². The van der Waals surface area contributed by atoms with Crippen molar-refractivity contribution in [1.29, 1.82) is 0 Å². The molecule has 2 rings (SSSR count). The zero-order valence-corrected chi connectivity index (χ0v) is 9.89. The quantitative estimate of drug-likeness (QED) is 0.852. The smallest absolute Gasteiger partial charge is 0.213 e. The molecule has 0 unspecified atom stereocenters. The van der Waals surface area contributed by atoms with E-state index in [2.05, 4.69) is 18.8 Å². The lowest BCUT2D eigenvalue weighted by Crippen LogP contribution is -2.26. The second-order valence-electron chi connectivity index (χ2n) is 4.71. The molecule has 0 aromatic carbocycles. The van der Waals surface area contributed by atoms with Crippen molar-refractivity contribution in [1.82, 2.24) is 4.98 Å². The summed E-state index contributed by atoms with van der Waals surface area (Å²) in [6, 6.07) is 5.82. The van der Waals surface area contributed by atoms with Gasteiger partial charge >= 0.3 is 0 Å². The van der Waals surface area contributed by atoms with Gasteiger partial charge in [-0.05, 0) is 31.2 Å². The van der Waals surface area contributed by atoms with Crippen molar-refractivity contribution < 1.29 is 9.84 Å². The highest BCUT2D eigenvalue weighted by atomic mass is 16.5. The van der Waals surface area contributed by atoms with Gasteiger partial charge in [0.15, 0.2) is 0 Å². The zero-order chi connectivity index (χ0) is 11.5. The van der Waals surface area contributed by atoms with E-state index in [-0.39, 0.29) is 12.2 Å². The van der Waals surface area contributed by atoms with Gasteiger partial charge in [0.1, 0.15) is 6.10 Å². The predicted octanol–water partition coefficient (Wildman–Crippen LogP) is 2.50. The van der Waals surface area contributed by atoms with E-state index in [0.717, 1.165) is 25.0 Å². The molecule has 0 radical (unpaired) electrons. The second-order valence-corrected chi connectivity index (χ2v) is 4.71. The van der Waals surface area contributed by atoms with Crippen LogP contribution < -0.4 is 4.74 Å². The Bertz CT molecular complexity index is 352. The number of nitrogens with zero attached hydrogens (tertiary/aromatic N) is 1. The molecular weight excluding hydrogens is 202 g/mol. The van der Waals surface area contributed by atoms with Crippen LogP contribution in [0.4, 0.5) is 0 Å². The molecule has 16 heavy (non-hydrogen) atoms. The Labute approximate surface area is 96.5 Å². The lowest BCUT2D eigenvalue weighted by Gasteiger charge is -2.17. The molecule has 0 amide bonds. The molecular formula is C13H19NO2. The van der Waals surface area contributed by atoms with Crippen LogP contribution in [0.3, 0.4) is 0 Å². The first-order chi connectivity index (χ1) is 7.66. The average molecular weight is 221 g/mol. The number of hydrogen-bond donors (Lipinski definition) is 1. The number of aliphatic hydroxyl groups excluding tert-OH is 1. The standard InChI is InChI=1S/C13H19NO2/c1-9(2)10-5-3-8-13(14-10)16-12-7-4-6-11(12)15/h3,5,8-9,11-12,15H,4,6-7H2,1-2H3/t11-,12-/m1/s1. The predicted molar refractivity (Wildman–Crippen MR) is 62.6 cm³/mol. The van der Waals surface area contributed by atoms with E-state index >= 15 is 0 Å². The van der Waals surface area contributed by atoms with Gasteiger partial charge in [-0.15, -0.1) is 0 Å². The van der Waals surface area contributed by atoms with Gasteiger partial charge in [-0.1, -0.05) is 19.9 Å². The van der Waals surface area contributed by atoms with Gasteiger partial charge < -0.3 is 9.84 Å². The molecule has 0 aliphatic heterocycles. The maximum absolute atomic E-state index is 9.68. The summed E-state index contributed by atoms with van der Waals surface area (Å²) in [6.07, 6.45) is 2.40. The third kappa shape index (κ3) is 2.53. The number of ether oxygens (including phenoxy) is 1. The summed E-state index contributed by atoms with van der Waals surface area (Å²) in [5.41, 5.74) is 1.03. The van der Waals surface area contributed by atoms with E-state index in [1.54, 1.807) is 0 Å². The lowest BCUT2D eigenvalue weighted by molar-refractivity contribution is 0.0572. The van der Waals surface area contributed by atoms with E-state index < -0.39 is 0 Å². The summed E-state index contributed by atoms with van der Waals surface area (Å²) in [4.78, 5) is 4.44. The first-order valence-corrected chi connectivity index (χ1v) is 5.98. The summed E-state index contributed by atoms with van der Waals surface area (Å²) in [5.74, 6) is 1.04. The number of hydrogen-bond acceptors (Lipinski definition) is 3. The molecule has 3 heteroatoms. The van der Waals surface area contributed by atoms with Crippen LogP contribution in [0.2, 0.25) is 0 Å². The molecule has 1 aromatic rings. The van der Waals surface area contributed by atoms with Gasteiger partial charge in [0.05, 0.1) is 6.10 Å². The zero-order valence-electron chi connectivity index (χ0n) is 9.89. The molecule has 1 aliphatic carbocycles. The first kappa shape index (κ1) is 11.4. The number of aliphatic hydroxyl groups is 1. The lowest BCUT2D eigenvalue weighted by atomic mass is 10.1. The Balaban J connectivity index is 2.06. The molecule has 0 spiro atoms. The molecule has 1 heterocycles. The summed E-state index contributed by atoms with van der Waals surface area (Å²) in [5, 5.41) is 9.68. The molecule has 2 atom stereocenters. The highest BCUT2D eigenvalue weighted by Crippen LogP contribution is 2.24. The van der Waals surface area contributed by atoms with Crippen LogP contribution in [-0.2, 0) is 0 Å². The van der Waals surface area contributed by atoms with Gasteiger partial charge in [-0.3, -0.25) is 0 Å². The molecule has 1 saturated carbocycles. The Hall–Kier alpha value is -1.09. The fourth-order valence-electron chi connectivity index (χ4n) is 2.02. The fraction of sp³-hybridized carbons (Fsp3) is 0.615. The van der Waals surface area contributed by atoms with Gasteiger partial charge in [0, 0.05) is 11.8 Å². The molecule has 0 bridgehead atoms. The van der Waals surface area contributed by atoms with E-state index in [1.165, 1.54) is 0 Å². The molecule has 1 aliphatic rings. The Kier molecular flexibility index (Phi) is 3.44. The van der Waals surface area contributed by atoms with Crippen LogP contribution in [0.25, 0.3) is 0 Å². The van der Waals surface area contributed by atoms with Crippen molar-refractivity contribution >= 4 is 0 Å². The van der Waals surface area contributed by atoms with Crippen molar-refractivity contribution in [3.63, 3.8) is 0 Å². The number of pyridine rings is 1. The maximum atomic E-state index is 9.68. The number of rotatable bonds is 3. The molecule has 88 valence electrons. The fourth-order valence-corrected chi connectivity index (χ4v) is 2.02. The monoisotopic (exact) mass is 221 g/mol. The summed E-state index contributed by atoms with van der Waals surface area (Å²) < 4.78 is 5.72. The van der Waals surface area contributed by atoms with E-state index in [1.807, 2.05) is 18.2 Å². The van der Waals surface area contributed by atoms with Crippen molar-refractivity contribution in [2.75, 3.05) is 0 Å². The van der Waals surface area contributed by atoms with Crippen LogP contribution in [-0.4, -0.2) is 22.3 Å². The maximum Gasteiger partial charge on any atom is 0.213 e. The Morgan fingerprint density at radius 1 is 1.38 bits per heavy atom. The first-order valence-electron chi connectivity index (χ1n) is 5.98. The van der Waals surface area contributed by atoms with Crippen LogP contribution >= 0.6 is 0 Å². The van der Waals surface area contributed by atoms with Gasteiger partial charge in [0.25, 0.3) is 0 Å². The third-order valence-electron chi connectivity index (χ3n) is 3.03. The normalized spacial score (nSPS) is 25.0. The topological polar surface area (TPSA) is 42.4 Å². The van der Waals surface area contributed by atoms with Crippen molar-refractivity contribution in [2.24, 2.45) is 0 Å². The Morgan fingerprint density at radius 2 is 2.19 bits per heavy atom. The summed E-state index contributed by atoms with van der Waals surface area (Å²) >= 11 is 0. The third-order valence-corrected chi connectivity index (χ3v) is 3.03. The number of aromatic nitrogens is 1. The molecule has 3 nitrogen and oxygen atoms in total. The molecule has 1 N–H and O–H groups in total.